The molecular weight excluding hydrogens is 270 g/mol. The van der Waals surface area contributed by atoms with E-state index >= 15 is 0 Å². The zero-order chi connectivity index (χ0) is 16.0. The highest BCUT2D eigenvalue weighted by molar-refractivity contribution is 5.86. The van der Waals surface area contributed by atoms with Crippen LogP contribution in [0.1, 0.15) is 39.7 Å². The Hall–Kier alpha value is -1.75. The average molecular weight is 295 g/mol. The molecule has 2 N–H and O–H groups in total. The lowest BCUT2D eigenvalue weighted by Gasteiger charge is -2.20. The van der Waals surface area contributed by atoms with Crippen molar-refractivity contribution >= 4 is 11.8 Å². The van der Waals surface area contributed by atoms with E-state index in [1.54, 1.807) is 26.2 Å². The van der Waals surface area contributed by atoms with Gasteiger partial charge in [0.05, 0.1) is 13.2 Å². The van der Waals surface area contributed by atoms with Gasteiger partial charge in [0, 0.05) is 5.69 Å². The molecule has 0 spiro atoms. The number of methoxy groups -OCH3 is 1. The minimum atomic E-state index is -0.545. The first-order valence-electron chi connectivity index (χ1n) is 7.06. The van der Waals surface area contributed by atoms with Crippen LogP contribution < -0.4 is 10.1 Å². The second-order valence-corrected chi connectivity index (χ2v) is 6.04. The SMILES string of the molecule is COc1ccc(NC(=O)OC(C)(C)C)c(CC[C@H](C)O)c1. The molecule has 5 heteroatoms. The minimum absolute atomic E-state index is 0.398. The lowest BCUT2D eigenvalue weighted by atomic mass is 10.0. The molecule has 0 aliphatic heterocycles. The van der Waals surface area contributed by atoms with Gasteiger partial charge in [0.2, 0.25) is 0 Å². The molecule has 0 aliphatic carbocycles. The Balaban J connectivity index is 2.86. The van der Waals surface area contributed by atoms with Crippen LogP contribution in [0.25, 0.3) is 0 Å². The Kier molecular flexibility index (Phi) is 6.03. The molecule has 1 aromatic rings. The van der Waals surface area contributed by atoms with Gasteiger partial charge in [-0.15, -0.1) is 0 Å². The maximum absolute atomic E-state index is 11.9. The van der Waals surface area contributed by atoms with Gasteiger partial charge in [-0.3, -0.25) is 5.32 Å². The lowest BCUT2D eigenvalue weighted by molar-refractivity contribution is 0.0636. The molecule has 118 valence electrons. The van der Waals surface area contributed by atoms with E-state index in [-0.39, 0.29) is 0 Å². The summed E-state index contributed by atoms with van der Waals surface area (Å²) in [4.78, 5) is 11.9. The summed E-state index contributed by atoms with van der Waals surface area (Å²) in [6.07, 6.45) is 0.354. The summed E-state index contributed by atoms with van der Waals surface area (Å²) in [6.45, 7) is 7.18. The number of benzene rings is 1. The van der Waals surface area contributed by atoms with E-state index in [0.717, 1.165) is 5.56 Å². The van der Waals surface area contributed by atoms with Crippen LogP contribution in [0.5, 0.6) is 5.75 Å². The van der Waals surface area contributed by atoms with Crippen molar-refractivity contribution in [2.45, 2.75) is 52.2 Å². The molecule has 1 amide bonds. The molecule has 0 radical (unpaired) electrons. The summed E-state index contributed by atoms with van der Waals surface area (Å²) in [5.74, 6) is 0.713. The van der Waals surface area contributed by atoms with Crippen molar-refractivity contribution in [1.82, 2.24) is 0 Å². The molecule has 1 rings (SSSR count). The molecule has 0 aliphatic rings. The number of carbonyl (C=O) groups excluding carboxylic acids is 1. The average Bonchev–Trinajstić information content (AvgIpc) is 2.35. The number of rotatable bonds is 5. The van der Waals surface area contributed by atoms with Crippen molar-refractivity contribution in [2.24, 2.45) is 0 Å². The van der Waals surface area contributed by atoms with Crippen molar-refractivity contribution in [3.05, 3.63) is 23.8 Å². The van der Waals surface area contributed by atoms with Crippen LogP contribution in [0.15, 0.2) is 18.2 Å². The van der Waals surface area contributed by atoms with Crippen molar-refractivity contribution in [3.63, 3.8) is 0 Å². The number of amides is 1. The number of nitrogens with one attached hydrogen (secondary N) is 1. The molecule has 21 heavy (non-hydrogen) atoms. The summed E-state index contributed by atoms with van der Waals surface area (Å²) in [5.41, 5.74) is 1.03. The predicted molar refractivity (Wildman–Crippen MR) is 82.9 cm³/mol. The predicted octanol–water partition coefficient (Wildman–Crippen LogP) is 3.36. The molecule has 0 saturated carbocycles. The topological polar surface area (TPSA) is 67.8 Å². The zero-order valence-electron chi connectivity index (χ0n) is 13.4. The maximum atomic E-state index is 11.9. The number of hydrogen-bond donors (Lipinski definition) is 2. The minimum Gasteiger partial charge on any atom is -0.497 e. The zero-order valence-corrected chi connectivity index (χ0v) is 13.4. The highest BCUT2D eigenvalue weighted by Gasteiger charge is 2.17. The molecule has 5 nitrogen and oxygen atoms in total. The lowest BCUT2D eigenvalue weighted by Crippen LogP contribution is -2.27. The van der Waals surface area contributed by atoms with E-state index in [4.69, 9.17) is 9.47 Å². The van der Waals surface area contributed by atoms with E-state index in [9.17, 15) is 9.90 Å². The van der Waals surface area contributed by atoms with Crippen LogP contribution >= 0.6 is 0 Å². The second kappa shape index (κ2) is 7.31. The van der Waals surface area contributed by atoms with Gasteiger partial charge in [0.1, 0.15) is 11.4 Å². The van der Waals surface area contributed by atoms with Gasteiger partial charge in [-0.1, -0.05) is 0 Å². The van der Waals surface area contributed by atoms with E-state index in [1.165, 1.54) is 0 Å². The smallest absolute Gasteiger partial charge is 0.412 e. The molecule has 0 saturated heterocycles. The fourth-order valence-corrected chi connectivity index (χ4v) is 1.80. The van der Waals surface area contributed by atoms with Crippen LogP contribution in [-0.2, 0) is 11.2 Å². The summed E-state index contributed by atoms with van der Waals surface area (Å²) >= 11 is 0. The fraction of sp³-hybridized carbons (Fsp3) is 0.562. The summed E-state index contributed by atoms with van der Waals surface area (Å²) in [6, 6.07) is 5.41. The Morgan fingerprint density at radius 3 is 2.57 bits per heavy atom. The highest BCUT2D eigenvalue weighted by Crippen LogP contribution is 2.24. The highest BCUT2D eigenvalue weighted by atomic mass is 16.6. The Bertz CT molecular complexity index is 478. The first-order chi connectivity index (χ1) is 9.71. The first-order valence-corrected chi connectivity index (χ1v) is 7.06. The number of anilines is 1. The van der Waals surface area contributed by atoms with Crippen LogP contribution in [0.2, 0.25) is 0 Å². The quantitative estimate of drug-likeness (QED) is 0.874. The van der Waals surface area contributed by atoms with Gasteiger partial charge in [0.25, 0.3) is 0 Å². The largest absolute Gasteiger partial charge is 0.497 e. The monoisotopic (exact) mass is 295 g/mol. The first kappa shape index (κ1) is 17.3. The van der Waals surface area contributed by atoms with Crippen LogP contribution in [0.3, 0.4) is 0 Å². The van der Waals surface area contributed by atoms with E-state index < -0.39 is 17.8 Å². The van der Waals surface area contributed by atoms with Crippen molar-refractivity contribution < 1.29 is 19.4 Å². The maximum Gasteiger partial charge on any atom is 0.412 e. The van der Waals surface area contributed by atoms with Gasteiger partial charge >= 0.3 is 6.09 Å². The molecule has 0 bridgehead atoms. The third-order valence-electron chi connectivity index (χ3n) is 2.78. The van der Waals surface area contributed by atoms with Crippen molar-refractivity contribution in [3.8, 4) is 5.75 Å². The van der Waals surface area contributed by atoms with Gasteiger partial charge in [0.15, 0.2) is 0 Å². The molecular formula is C16H25NO4. The summed E-state index contributed by atoms with van der Waals surface area (Å²) in [7, 11) is 1.59. The number of carbonyl (C=O) groups is 1. The van der Waals surface area contributed by atoms with Gasteiger partial charge in [-0.05, 0) is 64.3 Å². The molecule has 0 fully saturated rings. The number of aliphatic hydroxyl groups excluding tert-OH is 1. The number of hydrogen-bond acceptors (Lipinski definition) is 4. The van der Waals surface area contributed by atoms with Crippen molar-refractivity contribution in [2.75, 3.05) is 12.4 Å². The number of aryl methyl sites for hydroxylation is 1. The molecule has 1 atom stereocenters. The summed E-state index contributed by atoms with van der Waals surface area (Å²) in [5, 5.41) is 12.2. The third kappa shape index (κ3) is 6.49. The van der Waals surface area contributed by atoms with E-state index in [1.807, 2.05) is 26.8 Å². The standard InChI is InChI=1S/C16H25NO4/c1-11(18)6-7-12-10-13(20-5)8-9-14(12)17-15(19)21-16(2,3)4/h8-11,18H,6-7H2,1-5H3,(H,17,19)/t11-/m0/s1. The molecule has 1 aromatic carbocycles. The fourth-order valence-electron chi connectivity index (χ4n) is 1.80. The molecule has 0 aromatic heterocycles. The van der Waals surface area contributed by atoms with Gasteiger partial charge in [-0.2, -0.15) is 0 Å². The van der Waals surface area contributed by atoms with Crippen molar-refractivity contribution in [1.29, 1.82) is 0 Å². The summed E-state index contributed by atoms with van der Waals surface area (Å²) < 4.78 is 10.4. The Morgan fingerprint density at radius 2 is 2.05 bits per heavy atom. The van der Waals surface area contributed by atoms with Gasteiger partial charge in [-0.25, -0.2) is 4.79 Å². The van der Waals surface area contributed by atoms with Gasteiger partial charge < -0.3 is 14.6 Å². The molecule has 0 unspecified atom stereocenters. The normalized spacial score (nSPS) is 12.7. The van der Waals surface area contributed by atoms with Crippen LogP contribution in [0.4, 0.5) is 10.5 Å². The van der Waals surface area contributed by atoms with Crippen LogP contribution in [-0.4, -0.2) is 30.0 Å². The number of aliphatic hydroxyl groups is 1. The van der Waals surface area contributed by atoms with E-state index in [0.29, 0.717) is 24.3 Å². The van der Waals surface area contributed by atoms with Crippen LogP contribution in [0, 0.1) is 0 Å². The Labute approximate surface area is 126 Å². The Morgan fingerprint density at radius 1 is 1.38 bits per heavy atom. The third-order valence-corrected chi connectivity index (χ3v) is 2.78. The second-order valence-electron chi connectivity index (χ2n) is 6.04. The van der Waals surface area contributed by atoms with E-state index in [2.05, 4.69) is 5.32 Å². The number of ether oxygens (including phenoxy) is 2. The molecule has 0 heterocycles.